The number of benzene rings is 1. The van der Waals surface area contributed by atoms with Crippen LogP contribution in [0, 0.1) is 17.1 Å². The van der Waals surface area contributed by atoms with Crippen LogP contribution in [-0.2, 0) is 0 Å². The zero-order valence-corrected chi connectivity index (χ0v) is 9.92. The third-order valence-electron chi connectivity index (χ3n) is 1.57. The van der Waals surface area contributed by atoms with Crippen LogP contribution in [0.4, 0.5) is 10.1 Å². The van der Waals surface area contributed by atoms with E-state index in [4.69, 9.17) is 5.26 Å². The van der Waals surface area contributed by atoms with Crippen LogP contribution in [0.3, 0.4) is 0 Å². The van der Waals surface area contributed by atoms with Crippen molar-refractivity contribution in [1.29, 1.82) is 5.26 Å². The lowest BCUT2D eigenvalue weighted by molar-refractivity contribution is 0.622. The number of halogens is 2. The molecule has 0 amide bonds. The van der Waals surface area contributed by atoms with Crippen LogP contribution >= 0.6 is 15.9 Å². The standard InChI is InChI=1S/C10H9BrFN3/c1-15(2)6-14-10-4-7(11)3-9(12)8(10)5-13/h3-4,6H,1-2H3/b14-6+. The first-order valence-electron chi connectivity index (χ1n) is 4.14. The maximum absolute atomic E-state index is 13.3. The first-order valence-corrected chi connectivity index (χ1v) is 4.93. The summed E-state index contributed by atoms with van der Waals surface area (Å²) in [7, 11) is 3.59. The fourth-order valence-electron chi connectivity index (χ4n) is 0.950. The summed E-state index contributed by atoms with van der Waals surface area (Å²) in [5, 5.41) is 8.76. The van der Waals surface area contributed by atoms with Crippen molar-refractivity contribution in [3.8, 4) is 6.07 Å². The molecule has 0 spiro atoms. The largest absolute Gasteiger partial charge is 0.369 e. The molecule has 0 aliphatic rings. The lowest BCUT2D eigenvalue weighted by atomic mass is 10.2. The van der Waals surface area contributed by atoms with Crippen molar-refractivity contribution in [2.24, 2.45) is 4.99 Å². The summed E-state index contributed by atoms with van der Waals surface area (Å²) in [6, 6.07) is 4.63. The van der Waals surface area contributed by atoms with Crippen LogP contribution in [0.5, 0.6) is 0 Å². The summed E-state index contributed by atoms with van der Waals surface area (Å²) in [5.41, 5.74) is 0.273. The molecule has 0 radical (unpaired) electrons. The number of aliphatic imine (C=N–C) groups is 1. The maximum Gasteiger partial charge on any atom is 0.144 e. The molecule has 0 aliphatic heterocycles. The van der Waals surface area contributed by atoms with Gasteiger partial charge in [-0.2, -0.15) is 5.26 Å². The first-order chi connectivity index (χ1) is 7.04. The zero-order valence-electron chi connectivity index (χ0n) is 8.33. The van der Waals surface area contributed by atoms with Gasteiger partial charge in [-0.1, -0.05) is 15.9 Å². The quantitative estimate of drug-likeness (QED) is 0.612. The summed E-state index contributed by atoms with van der Waals surface area (Å²) in [5.74, 6) is -0.571. The number of hydrogen-bond donors (Lipinski definition) is 0. The van der Waals surface area contributed by atoms with Gasteiger partial charge in [0.25, 0.3) is 0 Å². The molecule has 3 nitrogen and oxygen atoms in total. The Labute approximate surface area is 96.0 Å². The molecule has 0 atom stereocenters. The molecule has 0 N–H and O–H groups in total. The second-order valence-corrected chi connectivity index (χ2v) is 4.02. The van der Waals surface area contributed by atoms with Crippen LogP contribution in [-0.4, -0.2) is 25.3 Å². The molecule has 0 heterocycles. The van der Waals surface area contributed by atoms with Crippen LogP contribution < -0.4 is 0 Å². The van der Waals surface area contributed by atoms with Crippen LogP contribution in [0.1, 0.15) is 5.56 Å². The zero-order chi connectivity index (χ0) is 11.4. The highest BCUT2D eigenvalue weighted by Crippen LogP contribution is 2.26. The fourth-order valence-corrected chi connectivity index (χ4v) is 1.37. The van der Waals surface area contributed by atoms with Crippen molar-refractivity contribution in [3.05, 3.63) is 28.0 Å². The van der Waals surface area contributed by atoms with E-state index in [9.17, 15) is 4.39 Å². The summed E-state index contributed by atoms with van der Waals surface area (Å²) in [6.45, 7) is 0. The van der Waals surface area contributed by atoms with Gasteiger partial charge in [0, 0.05) is 18.6 Å². The Balaban J connectivity index is 3.22. The van der Waals surface area contributed by atoms with Crippen LogP contribution in [0.15, 0.2) is 21.6 Å². The molecular formula is C10H9BrFN3. The van der Waals surface area contributed by atoms with E-state index in [2.05, 4.69) is 20.9 Å². The van der Waals surface area contributed by atoms with E-state index in [0.29, 0.717) is 10.2 Å². The van der Waals surface area contributed by atoms with Gasteiger partial charge < -0.3 is 4.90 Å². The SMILES string of the molecule is CN(C)/C=N/c1cc(Br)cc(F)c1C#N. The fraction of sp³-hybridized carbons (Fsp3) is 0.200. The minimum Gasteiger partial charge on any atom is -0.369 e. The highest BCUT2D eigenvalue weighted by atomic mass is 79.9. The molecule has 0 saturated heterocycles. The Kier molecular flexibility index (Phi) is 3.81. The van der Waals surface area contributed by atoms with E-state index < -0.39 is 5.82 Å². The molecule has 78 valence electrons. The molecule has 0 aromatic heterocycles. The van der Waals surface area contributed by atoms with Crippen molar-refractivity contribution < 1.29 is 4.39 Å². The van der Waals surface area contributed by atoms with Crippen molar-refractivity contribution >= 4 is 28.0 Å². The van der Waals surface area contributed by atoms with Crippen molar-refractivity contribution in [2.45, 2.75) is 0 Å². The lowest BCUT2D eigenvalue weighted by Crippen LogP contribution is -2.07. The van der Waals surface area contributed by atoms with Gasteiger partial charge >= 0.3 is 0 Å². The third kappa shape index (κ3) is 3.03. The predicted octanol–water partition coefficient (Wildman–Crippen LogP) is 2.68. The van der Waals surface area contributed by atoms with Gasteiger partial charge in [0.05, 0.1) is 12.0 Å². The van der Waals surface area contributed by atoms with Gasteiger partial charge in [-0.3, -0.25) is 0 Å². The molecule has 0 unspecified atom stereocenters. The summed E-state index contributed by atoms with van der Waals surface area (Å²) in [4.78, 5) is 5.71. The molecule has 0 bridgehead atoms. The van der Waals surface area contributed by atoms with Gasteiger partial charge in [0.1, 0.15) is 17.4 Å². The Hall–Kier alpha value is -1.41. The van der Waals surface area contributed by atoms with E-state index in [1.165, 1.54) is 12.4 Å². The molecule has 5 heteroatoms. The van der Waals surface area contributed by atoms with Gasteiger partial charge in [0.15, 0.2) is 0 Å². The minimum atomic E-state index is -0.571. The monoisotopic (exact) mass is 269 g/mol. The Morgan fingerprint density at radius 2 is 2.20 bits per heavy atom. The highest BCUT2D eigenvalue weighted by molar-refractivity contribution is 9.10. The molecule has 0 fully saturated rings. The van der Waals surface area contributed by atoms with Gasteiger partial charge in [-0.15, -0.1) is 0 Å². The summed E-state index contributed by atoms with van der Waals surface area (Å²) in [6.07, 6.45) is 1.52. The van der Waals surface area contributed by atoms with Gasteiger partial charge in [-0.25, -0.2) is 9.38 Å². The van der Waals surface area contributed by atoms with Crippen molar-refractivity contribution in [1.82, 2.24) is 4.90 Å². The van der Waals surface area contributed by atoms with Gasteiger partial charge in [0.2, 0.25) is 0 Å². The first kappa shape index (κ1) is 11.7. The molecular weight excluding hydrogens is 261 g/mol. The molecule has 0 saturated carbocycles. The molecule has 0 aliphatic carbocycles. The van der Waals surface area contributed by atoms with E-state index in [0.717, 1.165) is 0 Å². The average molecular weight is 270 g/mol. The van der Waals surface area contributed by atoms with Gasteiger partial charge in [-0.05, 0) is 12.1 Å². The Morgan fingerprint density at radius 1 is 1.53 bits per heavy atom. The van der Waals surface area contributed by atoms with Crippen LogP contribution in [0.25, 0.3) is 0 Å². The molecule has 1 aromatic carbocycles. The second kappa shape index (κ2) is 4.89. The summed E-state index contributed by atoms with van der Waals surface area (Å²) < 4.78 is 13.9. The Morgan fingerprint density at radius 3 is 2.73 bits per heavy atom. The van der Waals surface area contributed by atoms with Crippen LogP contribution in [0.2, 0.25) is 0 Å². The van der Waals surface area contributed by atoms with E-state index >= 15 is 0 Å². The van der Waals surface area contributed by atoms with Crippen molar-refractivity contribution in [3.63, 3.8) is 0 Å². The number of nitriles is 1. The minimum absolute atomic E-state index is 0.0451. The second-order valence-electron chi connectivity index (χ2n) is 3.10. The number of rotatable bonds is 2. The maximum atomic E-state index is 13.3. The van der Waals surface area contributed by atoms with E-state index in [1.807, 2.05) is 0 Å². The predicted molar refractivity (Wildman–Crippen MR) is 60.7 cm³/mol. The average Bonchev–Trinajstić information content (AvgIpc) is 2.13. The highest BCUT2D eigenvalue weighted by Gasteiger charge is 2.08. The lowest BCUT2D eigenvalue weighted by Gasteiger charge is -2.04. The topological polar surface area (TPSA) is 39.4 Å². The number of hydrogen-bond acceptors (Lipinski definition) is 2. The Bertz CT molecular complexity index is 435. The molecule has 1 aromatic rings. The van der Waals surface area contributed by atoms with E-state index in [-0.39, 0.29) is 5.56 Å². The smallest absolute Gasteiger partial charge is 0.144 e. The molecule has 15 heavy (non-hydrogen) atoms. The van der Waals surface area contributed by atoms with E-state index in [1.54, 1.807) is 31.1 Å². The normalized spacial score (nSPS) is 10.3. The third-order valence-corrected chi connectivity index (χ3v) is 2.03. The van der Waals surface area contributed by atoms with Crippen molar-refractivity contribution in [2.75, 3.05) is 14.1 Å². The summed E-state index contributed by atoms with van der Waals surface area (Å²) >= 11 is 3.15. The molecule has 1 rings (SSSR count). The number of nitrogens with zero attached hydrogens (tertiary/aromatic N) is 3.